The van der Waals surface area contributed by atoms with E-state index in [1.807, 2.05) is 41.5 Å². The minimum Gasteiger partial charge on any atom is -0.462 e. The molecule has 0 amide bonds. The quantitative estimate of drug-likeness (QED) is 0.121. The first-order valence-electron chi connectivity index (χ1n) is 14.4. The zero-order valence-electron chi connectivity index (χ0n) is 26.9. The van der Waals surface area contributed by atoms with Crippen molar-refractivity contribution in [3.05, 3.63) is 82.9 Å². The first kappa shape index (κ1) is 37.2. The molecule has 0 heterocycles. The van der Waals surface area contributed by atoms with Gasteiger partial charge in [0.25, 0.3) is 0 Å². The molecule has 0 saturated heterocycles. The van der Waals surface area contributed by atoms with E-state index < -0.39 is 35.8 Å². The third-order valence-electron chi connectivity index (χ3n) is 5.42. The molecular weight excluding hydrogens is 600 g/mol. The second kappa shape index (κ2) is 17.5. The fraction of sp³-hybridized carbons (Fsp3) is 0.412. The van der Waals surface area contributed by atoms with Crippen LogP contribution in [0.2, 0.25) is 0 Å². The SMILES string of the molecule is CC(C)(C)COC(=O)c1cccc(C(=O)OCCOC(=O)/C=C/C(=O)OCCOC(=O)c2cccc(C(=O)OCC(C)(C)C)c2)c1. The van der Waals surface area contributed by atoms with Crippen molar-refractivity contribution in [3.8, 4) is 0 Å². The number of carbonyl (C=O) groups excluding carboxylic acids is 6. The molecule has 0 fully saturated rings. The van der Waals surface area contributed by atoms with Crippen molar-refractivity contribution >= 4 is 35.8 Å². The molecule has 12 heteroatoms. The van der Waals surface area contributed by atoms with Gasteiger partial charge in [-0.3, -0.25) is 0 Å². The lowest BCUT2D eigenvalue weighted by atomic mass is 9.98. The lowest BCUT2D eigenvalue weighted by molar-refractivity contribution is -0.141. The molecule has 248 valence electrons. The van der Waals surface area contributed by atoms with Gasteiger partial charge < -0.3 is 28.4 Å². The highest BCUT2D eigenvalue weighted by molar-refractivity contribution is 5.96. The molecular formula is C34H40O12. The van der Waals surface area contributed by atoms with Crippen LogP contribution in [0.15, 0.2) is 60.7 Å². The summed E-state index contributed by atoms with van der Waals surface area (Å²) >= 11 is 0. The van der Waals surface area contributed by atoms with Gasteiger partial charge in [0.2, 0.25) is 0 Å². The van der Waals surface area contributed by atoms with E-state index in [4.69, 9.17) is 28.4 Å². The standard InChI is InChI=1S/C34H40O12/c1-33(2,3)21-45-31(39)25-11-7-9-23(19-25)29(37)43-17-15-41-27(35)13-14-28(36)42-16-18-44-30(38)24-10-8-12-26(20-24)32(40)46-22-34(4,5)6/h7-14,19-20H,15-18,21-22H2,1-6H3/b14-13+. The molecule has 46 heavy (non-hydrogen) atoms. The number of hydrogen-bond acceptors (Lipinski definition) is 12. The Morgan fingerprint density at radius 1 is 0.478 bits per heavy atom. The second-order valence-electron chi connectivity index (χ2n) is 12.4. The highest BCUT2D eigenvalue weighted by Gasteiger charge is 2.18. The first-order valence-corrected chi connectivity index (χ1v) is 14.4. The van der Waals surface area contributed by atoms with Crippen molar-refractivity contribution in [2.75, 3.05) is 39.6 Å². The molecule has 0 unspecified atom stereocenters. The molecule has 0 saturated carbocycles. The summed E-state index contributed by atoms with van der Waals surface area (Å²) in [6.07, 6.45) is 1.65. The minimum absolute atomic E-state index is 0.120. The molecule has 2 aromatic rings. The van der Waals surface area contributed by atoms with Gasteiger partial charge in [-0.05, 0) is 47.2 Å². The van der Waals surface area contributed by atoms with E-state index in [-0.39, 0.29) is 72.7 Å². The molecule has 0 aliphatic carbocycles. The molecule has 0 aromatic heterocycles. The Hall–Kier alpha value is -5.00. The Balaban J connectivity index is 1.67. The van der Waals surface area contributed by atoms with Gasteiger partial charge in [-0.1, -0.05) is 53.7 Å². The third kappa shape index (κ3) is 14.7. The molecule has 0 aliphatic heterocycles. The van der Waals surface area contributed by atoms with Gasteiger partial charge in [-0.25, -0.2) is 28.8 Å². The average molecular weight is 641 g/mol. The Labute approximate surface area is 267 Å². The van der Waals surface area contributed by atoms with Gasteiger partial charge in [0.05, 0.1) is 35.5 Å². The lowest BCUT2D eigenvalue weighted by Crippen LogP contribution is -2.19. The predicted octanol–water partition coefficient (Wildman–Crippen LogP) is 4.75. The largest absolute Gasteiger partial charge is 0.462 e. The van der Waals surface area contributed by atoms with E-state index >= 15 is 0 Å². The van der Waals surface area contributed by atoms with Crippen LogP contribution >= 0.6 is 0 Å². The first-order chi connectivity index (χ1) is 21.5. The number of carbonyl (C=O) groups is 6. The smallest absolute Gasteiger partial charge is 0.338 e. The molecule has 0 atom stereocenters. The van der Waals surface area contributed by atoms with Crippen LogP contribution in [-0.4, -0.2) is 75.5 Å². The van der Waals surface area contributed by atoms with Crippen LogP contribution < -0.4 is 0 Å². The van der Waals surface area contributed by atoms with Crippen LogP contribution in [0.3, 0.4) is 0 Å². The van der Waals surface area contributed by atoms with E-state index in [9.17, 15) is 28.8 Å². The van der Waals surface area contributed by atoms with Crippen molar-refractivity contribution in [3.63, 3.8) is 0 Å². The van der Waals surface area contributed by atoms with E-state index in [0.29, 0.717) is 0 Å². The van der Waals surface area contributed by atoms with Crippen LogP contribution in [0.1, 0.15) is 83.0 Å². The summed E-state index contributed by atoms with van der Waals surface area (Å²) in [5.41, 5.74) is 0.209. The molecule has 0 spiro atoms. The minimum atomic E-state index is -0.885. The summed E-state index contributed by atoms with van der Waals surface area (Å²) in [5, 5.41) is 0. The Kier molecular flexibility index (Phi) is 14.1. The number of benzene rings is 2. The molecule has 12 nitrogen and oxygen atoms in total. The summed E-state index contributed by atoms with van der Waals surface area (Å²) in [6.45, 7) is 10.8. The van der Waals surface area contributed by atoms with Crippen LogP contribution in [-0.2, 0) is 38.0 Å². The maximum Gasteiger partial charge on any atom is 0.338 e. The zero-order valence-corrected chi connectivity index (χ0v) is 26.9. The van der Waals surface area contributed by atoms with E-state index in [0.717, 1.165) is 12.2 Å². The number of ether oxygens (including phenoxy) is 6. The van der Waals surface area contributed by atoms with Crippen LogP contribution in [0.5, 0.6) is 0 Å². The predicted molar refractivity (Wildman–Crippen MR) is 164 cm³/mol. The maximum atomic E-state index is 12.3. The van der Waals surface area contributed by atoms with Gasteiger partial charge >= 0.3 is 35.8 Å². The summed E-state index contributed by atoms with van der Waals surface area (Å²) in [5.74, 6) is -4.36. The Bertz CT molecular complexity index is 1320. The fourth-order valence-corrected chi connectivity index (χ4v) is 3.23. The topological polar surface area (TPSA) is 158 Å². The molecule has 2 rings (SSSR count). The van der Waals surface area contributed by atoms with Gasteiger partial charge in [-0.15, -0.1) is 0 Å². The molecule has 0 N–H and O–H groups in total. The van der Waals surface area contributed by atoms with Gasteiger partial charge in [0.1, 0.15) is 26.4 Å². The highest BCUT2D eigenvalue weighted by atomic mass is 16.6. The van der Waals surface area contributed by atoms with Crippen molar-refractivity contribution in [2.45, 2.75) is 41.5 Å². The number of rotatable bonds is 14. The van der Waals surface area contributed by atoms with Crippen molar-refractivity contribution in [2.24, 2.45) is 10.8 Å². The molecule has 0 radical (unpaired) electrons. The number of esters is 6. The zero-order chi connectivity index (χ0) is 34.3. The monoisotopic (exact) mass is 640 g/mol. The van der Waals surface area contributed by atoms with Crippen LogP contribution in [0.25, 0.3) is 0 Å². The Morgan fingerprint density at radius 2 is 0.761 bits per heavy atom. The third-order valence-corrected chi connectivity index (χ3v) is 5.42. The van der Waals surface area contributed by atoms with Crippen molar-refractivity contribution in [1.82, 2.24) is 0 Å². The van der Waals surface area contributed by atoms with Crippen LogP contribution in [0.4, 0.5) is 0 Å². The maximum absolute atomic E-state index is 12.3. The normalized spacial score (nSPS) is 11.3. The summed E-state index contributed by atoms with van der Waals surface area (Å²) in [4.78, 5) is 72.7. The highest BCUT2D eigenvalue weighted by Crippen LogP contribution is 2.16. The molecule has 0 bridgehead atoms. The molecule has 0 aliphatic rings. The Morgan fingerprint density at radius 3 is 1.07 bits per heavy atom. The summed E-state index contributed by atoms with van der Waals surface area (Å²) < 4.78 is 30.4. The van der Waals surface area contributed by atoms with Gasteiger partial charge in [0.15, 0.2) is 0 Å². The van der Waals surface area contributed by atoms with E-state index in [2.05, 4.69) is 0 Å². The number of hydrogen-bond donors (Lipinski definition) is 0. The summed E-state index contributed by atoms with van der Waals surface area (Å²) in [6, 6.07) is 11.7. The van der Waals surface area contributed by atoms with Crippen molar-refractivity contribution < 1.29 is 57.2 Å². The van der Waals surface area contributed by atoms with Crippen LogP contribution in [0, 0.1) is 10.8 Å². The van der Waals surface area contributed by atoms with Gasteiger partial charge in [0, 0.05) is 12.2 Å². The van der Waals surface area contributed by atoms with E-state index in [1.165, 1.54) is 48.5 Å². The average Bonchev–Trinajstić information content (AvgIpc) is 3.00. The lowest BCUT2D eigenvalue weighted by Gasteiger charge is -2.17. The van der Waals surface area contributed by atoms with E-state index in [1.54, 1.807) is 0 Å². The molecule has 2 aromatic carbocycles. The second-order valence-corrected chi connectivity index (χ2v) is 12.4. The fourth-order valence-electron chi connectivity index (χ4n) is 3.23. The van der Waals surface area contributed by atoms with Gasteiger partial charge in [-0.2, -0.15) is 0 Å². The summed E-state index contributed by atoms with van der Waals surface area (Å²) in [7, 11) is 0. The van der Waals surface area contributed by atoms with Crippen molar-refractivity contribution in [1.29, 1.82) is 0 Å².